The van der Waals surface area contributed by atoms with Gasteiger partial charge in [0.15, 0.2) is 0 Å². The normalized spacial score (nSPS) is 12.0. The predicted octanol–water partition coefficient (Wildman–Crippen LogP) is 4.97. The van der Waals surface area contributed by atoms with Gasteiger partial charge in [0.1, 0.15) is 6.10 Å². The summed E-state index contributed by atoms with van der Waals surface area (Å²) in [6, 6.07) is 0. The molecule has 0 aliphatic heterocycles. The average Bonchev–Trinajstić information content (AvgIpc) is 2.32. The molecule has 0 saturated heterocycles. The summed E-state index contributed by atoms with van der Waals surface area (Å²) in [6.07, 6.45) is 7.18. The van der Waals surface area contributed by atoms with Crippen molar-refractivity contribution >= 4 is 5.97 Å². The van der Waals surface area contributed by atoms with Crippen LogP contribution in [0.5, 0.6) is 0 Å². The van der Waals surface area contributed by atoms with Crippen LogP contribution in [0.3, 0.4) is 0 Å². The minimum Gasteiger partial charge on any atom is -0.457 e. The highest BCUT2D eigenvalue weighted by Gasteiger charge is 2.07. The molecular formula is C19H28O2. The highest BCUT2D eigenvalue weighted by Crippen LogP contribution is 2.11. The average molecular weight is 288 g/mol. The van der Waals surface area contributed by atoms with Crippen molar-refractivity contribution in [2.24, 2.45) is 0 Å². The molecule has 0 N–H and O–H groups in total. The fourth-order valence-corrected chi connectivity index (χ4v) is 1.72. The van der Waals surface area contributed by atoms with Gasteiger partial charge in [-0.2, -0.15) is 0 Å². The number of hydrogen-bond donors (Lipinski definition) is 0. The van der Waals surface area contributed by atoms with Gasteiger partial charge in [0, 0.05) is 19.8 Å². The second-order valence-corrected chi connectivity index (χ2v) is 5.67. The van der Waals surface area contributed by atoms with Crippen LogP contribution in [0.2, 0.25) is 0 Å². The Morgan fingerprint density at radius 3 is 2.38 bits per heavy atom. The van der Waals surface area contributed by atoms with E-state index in [-0.39, 0.29) is 12.1 Å². The third kappa shape index (κ3) is 13.0. The summed E-state index contributed by atoms with van der Waals surface area (Å²) in [5.74, 6) is 5.83. The van der Waals surface area contributed by atoms with E-state index in [4.69, 9.17) is 4.74 Å². The Hall–Kier alpha value is -1.75. The topological polar surface area (TPSA) is 26.3 Å². The summed E-state index contributed by atoms with van der Waals surface area (Å²) in [5, 5.41) is 0. The number of carbonyl (C=O) groups is 1. The van der Waals surface area contributed by atoms with E-state index in [1.807, 2.05) is 13.0 Å². The van der Waals surface area contributed by atoms with Gasteiger partial charge < -0.3 is 4.74 Å². The lowest BCUT2D eigenvalue weighted by Crippen LogP contribution is -2.13. The number of hydrogen-bond acceptors (Lipinski definition) is 2. The van der Waals surface area contributed by atoms with E-state index >= 15 is 0 Å². The van der Waals surface area contributed by atoms with Gasteiger partial charge in [-0.05, 0) is 46.6 Å². The van der Waals surface area contributed by atoms with Crippen molar-refractivity contribution in [2.45, 2.75) is 66.4 Å². The standard InChI is InChI=1S/C19H28O2/c1-15(2)10-7-8-13-19(21-18(6)20)14-17(5)12-9-11-16(3)4/h11,14,19H,1,9-10,12-13H2,2-6H3/b17-14+. The van der Waals surface area contributed by atoms with Gasteiger partial charge in [0.2, 0.25) is 0 Å². The Bertz CT molecular complexity index is 466. The molecule has 2 nitrogen and oxygen atoms in total. The van der Waals surface area contributed by atoms with Gasteiger partial charge in [-0.15, -0.1) is 0 Å². The second-order valence-electron chi connectivity index (χ2n) is 5.67. The molecule has 0 fully saturated rings. The highest BCUT2D eigenvalue weighted by molar-refractivity contribution is 5.66. The van der Waals surface area contributed by atoms with Crippen molar-refractivity contribution in [3.63, 3.8) is 0 Å². The van der Waals surface area contributed by atoms with Crippen LogP contribution in [0.1, 0.15) is 60.3 Å². The van der Waals surface area contributed by atoms with E-state index in [1.54, 1.807) is 0 Å². The molecule has 21 heavy (non-hydrogen) atoms. The smallest absolute Gasteiger partial charge is 0.303 e. The molecule has 0 rings (SSSR count). The van der Waals surface area contributed by atoms with E-state index < -0.39 is 0 Å². The molecule has 0 bridgehead atoms. The van der Waals surface area contributed by atoms with Crippen molar-refractivity contribution in [2.75, 3.05) is 0 Å². The van der Waals surface area contributed by atoms with Crippen LogP contribution in [0.25, 0.3) is 0 Å². The maximum atomic E-state index is 11.2. The molecule has 1 unspecified atom stereocenters. The van der Waals surface area contributed by atoms with Crippen LogP contribution in [0.15, 0.2) is 35.5 Å². The third-order valence-electron chi connectivity index (χ3n) is 2.70. The molecule has 116 valence electrons. The molecule has 0 spiro atoms. The first-order valence-corrected chi connectivity index (χ1v) is 7.39. The lowest BCUT2D eigenvalue weighted by atomic mass is 10.1. The van der Waals surface area contributed by atoms with Gasteiger partial charge >= 0.3 is 5.97 Å². The quantitative estimate of drug-likeness (QED) is 0.375. The molecule has 0 amide bonds. The van der Waals surface area contributed by atoms with Crippen molar-refractivity contribution in [1.82, 2.24) is 0 Å². The summed E-state index contributed by atoms with van der Waals surface area (Å²) in [7, 11) is 0. The third-order valence-corrected chi connectivity index (χ3v) is 2.70. The van der Waals surface area contributed by atoms with Gasteiger partial charge in [-0.1, -0.05) is 41.2 Å². The zero-order valence-electron chi connectivity index (χ0n) is 14.1. The lowest BCUT2D eigenvalue weighted by molar-refractivity contribution is -0.143. The number of carbonyl (C=O) groups excluding carboxylic acids is 1. The minimum absolute atomic E-state index is 0.258. The molecular weight excluding hydrogens is 260 g/mol. The fourth-order valence-electron chi connectivity index (χ4n) is 1.72. The maximum absolute atomic E-state index is 11.2. The second kappa shape index (κ2) is 11.0. The minimum atomic E-state index is -0.268. The van der Waals surface area contributed by atoms with Gasteiger partial charge in [0.05, 0.1) is 0 Å². The maximum Gasteiger partial charge on any atom is 0.303 e. The zero-order valence-corrected chi connectivity index (χ0v) is 14.1. The summed E-state index contributed by atoms with van der Waals surface area (Å²) in [5.41, 5.74) is 3.59. The monoisotopic (exact) mass is 288 g/mol. The van der Waals surface area contributed by atoms with Crippen LogP contribution < -0.4 is 0 Å². The van der Waals surface area contributed by atoms with Crippen molar-refractivity contribution in [3.05, 3.63) is 35.5 Å². The summed E-state index contributed by atoms with van der Waals surface area (Å²) in [6.45, 7) is 13.4. The van der Waals surface area contributed by atoms with E-state index in [0.717, 1.165) is 18.4 Å². The van der Waals surface area contributed by atoms with Crippen molar-refractivity contribution < 1.29 is 9.53 Å². The van der Waals surface area contributed by atoms with Crippen LogP contribution in [-0.4, -0.2) is 12.1 Å². The number of allylic oxidation sites excluding steroid dienone is 4. The highest BCUT2D eigenvalue weighted by atomic mass is 16.5. The number of rotatable bonds is 7. The first kappa shape index (κ1) is 19.2. The van der Waals surface area contributed by atoms with E-state index in [2.05, 4.69) is 45.3 Å². The summed E-state index contributed by atoms with van der Waals surface area (Å²) in [4.78, 5) is 11.2. The molecule has 0 aliphatic rings. The number of esters is 1. The molecule has 2 heteroatoms. The Kier molecular flexibility index (Phi) is 10.1. The number of ether oxygens (including phenoxy) is 1. The molecule has 0 aromatic rings. The Labute approximate surface area is 130 Å². The molecule has 0 radical (unpaired) electrons. The Balaban J connectivity index is 4.57. The van der Waals surface area contributed by atoms with E-state index in [9.17, 15) is 4.79 Å². The largest absolute Gasteiger partial charge is 0.457 e. The van der Waals surface area contributed by atoms with Crippen LogP contribution in [-0.2, 0) is 9.53 Å². The molecule has 1 atom stereocenters. The fraction of sp³-hybridized carbons (Fsp3) is 0.526. The first-order valence-electron chi connectivity index (χ1n) is 7.39. The zero-order chi connectivity index (χ0) is 16.3. The van der Waals surface area contributed by atoms with Crippen molar-refractivity contribution in [3.8, 4) is 11.8 Å². The van der Waals surface area contributed by atoms with E-state index in [1.165, 1.54) is 18.1 Å². The van der Waals surface area contributed by atoms with Crippen LogP contribution in [0.4, 0.5) is 0 Å². The summed E-state index contributed by atoms with van der Waals surface area (Å²) >= 11 is 0. The van der Waals surface area contributed by atoms with Crippen LogP contribution >= 0.6 is 0 Å². The van der Waals surface area contributed by atoms with Crippen molar-refractivity contribution in [1.29, 1.82) is 0 Å². The SMILES string of the molecule is C=C(C)CC#CCC(/C=C(\C)CCC=C(C)C)OC(C)=O. The predicted molar refractivity (Wildman–Crippen MR) is 89.8 cm³/mol. The van der Waals surface area contributed by atoms with Gasteiger partial charge in [-0.3, -0.25) is 4.79 Å². The Morgan fingerprint density at radius 2 is 1.86 bits per heavy atom. The lowest BCUT2D eigenvalue weighted by Gasteiger charge is -2.11. The first-order chi connectivity index (χ1) is 9.81. The van der Waals surface area contributed by atoms with Gasteiger partial charge in [0.25, 0.3) is 0 Å². The molecule has 0 aromatic heterocycles. The van der Waals surface area contributed by atoms with Crippen LogP contribution in [0, 0.1) is 11.8 Å². The van der Waals surface area contributed by atoms with Gasteiger partial charge in [-0.25, -0.2) is 0 Å². The molecule has 0 aliphatic carbocycles. The molecule has 0 saturated carbocycles. The molecule has 0 heterocycles. The van der Waals surface area contributed by atoms with E-state index in [0.29, 0.717) is 12.8 Å². The molecule has 0 aromatic carbocycles. The Morgan fingerprint density at radius 1 is 1.19 bits per heavy atom. The summed E-state index contributed by atoms with van der Waals surface area (Å²) < 4.78 is 5.30.